The SMILES string of the molecule is C[C@@H](NC(=O)CSc1nc2ccccc2c(=O)n1C1CC1)c1cc2ccccc2o1. The Morgan fingerprint density at radius 3 is 2.80 bits per heavy atom. The second-order valence-corrected chi connectivity index (χ2v) is 8.52. The molecule has 1 aliphatic rings. The van der Waals surface area contributed by atoms with E-state index in [1.807, 2.05) is 55.5 Å². The van der Waals surface area contributed by atoms with Gasteiger partial charge in [-0.1, -0.05) is 42.1 Å². The maximum absolute atomic E-state index is 12.9. The summed E-state index contributed by atoms with van der Waals surface area (Å²) in [5, 5.41) is 5.21. The maximum atomic E-state index is 12.9. The summed E-state index contributed by atoms with van der Waals surface area (Å²) in [6, 6.07) is 17.0. The fourth-order valence-corrected chi connectivity index (χ4v) is 4.46. The molecular weight excluding hydrogens is 398 g/mol. The highest BCUT2D eigenvalue weighted by atomic mass is 32.2. The molecule has 2 heterocycles. The first-order valence-corrected chi connectivity index (χ1v) is 11.0. The number of amides is 1. The van der Waals surface area contributed by atoms with E-state index in [2.05, 4.69) is 10.3 Å². The van der Waals surface area contributed by atoms with Gasteiger partial charge in [-0.2, -0.15) is 0 Å². The Kier molecular flexibility index (Phi) is 4.83. The normalized spacial score (nSPS) is 14.8. The molecule has 1 N–H and O–H groups in total. The van der Waals surface area contributed by atoms with E-state index < -0.39 is 0 Å². The van der Waals surface area contributed by atoms with Crippen molar-refractivity contribution < 1.29 is 9.21 Å². The van der Waals surface area contributed by atoms with Crippen LogP contribution in [0, 0.1) is 0 Å². The molecular formula is C23H21N3O3S. The molecule has 7 heteroatoms. The monoisotopic (exact) mass is 419 g/mol. The summed E-state index contributed by atoms with van der Waals surface area (Å²) in [4.78, 5) is 30.2. The molecule has 5 rings (SSSR count). The molecule has 1 atom stereocenters. The number of furan rings is 1. The van der Waals surface area contributed by atoms with Crippen molar-refractivity contribution in [3.8, 4) is 0 Å². The number of fused-ring (bicyclic) bond motifs is 2. The Labute approximate surface area is 177 Å². The summed E-state index contributed by atoms with van der Waals surface area (Å²) in [7, 11) is 0. The standard InChI is InChI=1S/C23H21N3O3S/c1-14(20-12-15-6-2-5-9-19(15)29-20)24-21(27)13-30-23-25-18-8-4-3-7-17(18)22(28)26(23)16-10-11-16/h2-9,12,14,16H,10-11,13H2,1H3,(H,24,27)/t14-/m1/s1. The number of carbonyl (C=O) groups excluding carboxylic acids is 1. The van der Waals surface area contributed by atoms with Crippen molar-refractivity contribution in [1.29, 1.82) is 0 Å². The van der Waals surface area contributed by atoms with Crippen LogP contribution in [-0.2, 0) is 4.79 Å². The summed E-state index contributed by atoms with van der Waals surface area (Å²) in [5.41, 5.74) is 1.44. The quantitative estimate of drug-likeness (QED) is 0.369. The Bertz CT molecular complexity index is 1270. The van der Waals surface area contributed by atoms with Gasteiger partial charge < -0.3 is 9.73 Å². The predicted octanol–water partition coefficient (Wildman–Crippen LogP) is 4.45. The Morgan fingerprint density at radius 2 is 2.00 bits per heavy atom. The first-order valence-electron chi connectivity index (χ1n) is 10.0. The molecule has 1 saturated carbocycles. The van der Waals surface area contributed by atoms with Crippen molar-refractivity contribution in [3.05, 3.63) is 70.7 Å². The summed E-state index contributed by atoms with van der Waals surface area (Å²) < 4.78 is 7.59. The molecule has 1 aliphatic carbocycles. The van der Waals surface area contributed by atoms with E-state index in [9.17, 15) is 9.59 Å². The Morgan fingerprint density at radius 1 is 1.23 bits per heavy atom. The minimum atomic E-state index is -0.249. The third-order valence-electron chi connectivity index (χ3n) is 5.27. The van der Waals surface area contributed by atoms with Crippen LogP contribution in [0.5, 0.6) is 0 Å². The zero-order valence-electron chi connectivity index (χ0n) is 16.5. The lowest BCUT2D eigenvalue weighted by Gasteiger charge is -2.14. The van der Waals surface area contributed by atoms with E-state index in [1.165, 1.54) is 11.8 Å². The zero-order chi connectivity index (χ0) is 20.7. The molecule has 152 valence electrons. The predicted molar refractivity (Wildman–Crippen MR) is 118 cm³/mol. The topological polar surface area (TPSA) is 77.1 Å². The van der Waals surface area contributed by atoms with Gasteiger partial charge in [-0.15, -0.1) is 0 Å². The average Bonchev–Trinajstić information content (AvgIpc) is 3.48. The van der Waals surface area contributed by atoms with Gasteiger partial charge in [0.05, 0.1) is 22.7 Å². The number of benzene rings is 2. The van der Waals surface area contributed by atoms with Gasteiger partial charge in [0.2, 0.25) is 5.91 Å². The number of aromatic nitrogens is 2. The fraction of sp³-hybridized carbons (Fsp3) is 0.261. The maximum Gasteiger partial charge on any atom is 0.262 e. The van der Waals surface area contributed by atoms with Gasteiger partial charge in [-0.3, -0.25) is 14.2 Å². The van der Waals surface area contributed by atoms with Gasteiger partial charge in [0.15, 0.2) is 5.16 Å². The van der Waals surface area contributed by atoms with E-state index in [4.69, 9.17) is 4.42 Å². The van der Waals surface area contributed by atoms with E-state index in [-0.39, 0.29) is 29.3 Å². The van der Waals surface area contributed by atoms with E-state index >= 15 is 0 Å². The smallest absolute Gasteiger partial charge is 0.262 e. The number of hydrogen-bond donors (Lipinski definition) is 1. The molecule has 0 aliphatic heterocycles. The number of thioether (sulfide) groups is 1. The van der Waals surface area contributed by atoms with Crippen molar-refractivity contribution >= 4 is 39.5 Å². The average molecular weight is 420 g/mol. The van der Waals surface area contributed by atoms with Gasteiger partial charge in [-0.05, 0) is 44.0 Å². The van der Waals surface area contributed by atoms with Crippen LogP contribution in [0.3, 0.4) is 0 Å². The number of hydrogen-bond acceptors (Lipinski definition) is 5. The van der Waals surface area contributed by atoms with Crippen LogP contribution in [0.25, 0.3) is 21.9 Å². The molecule has 0 saturated heterocycles. The Hall–Kier alpha value is -3.06. The number of rotatable bonds is 6. The van der Waals surface area contributed by atoms with Crippen LogP contribution >= 0.6 is 11.8 Å². The van der Waals surface area contributed by atoms with Crippen LogP contribution in [0.2, 0.25) is 0 Å². The number of carbonyl (C=O) groups is 1. The second kappa shape index (κ2) is 7.65. The molecule has 1 fully saturated rings. The fourth-order valence-electron chi connectivity index (χ4n) is 3.58. The lowest BCUT2D eigenvalue weighted by Crippen LogP contribution is -2.29. The van der Waals surface area contributed by atoms with Gasteiger partial charge in [-0.25, -0.2) is 4.98 Å². The lowest BCUT2D eigenvalue weighted by molar-refractivity contribution is -0.119. The molecule has 0 bridgehead atoms. The Balaban J connectivity index is 1.32. The number of nitrogens with one attached hydrogen (secondary N) is 1. The first kappa shape index (κ1) is 18.9. The second-order valence-electron chi connectivity index (χ2n) is 7.58. The van der Waals surface area contributed by atoms with Crippen molar-refractivity contribution in [3.63, 3.8) is 0 Å². The summed E-state index contributed by atoms with van der Waals surface area (Å²) in [6.45, 7) is 1.90. The molecule has 2 aromatic heterocycles. The van der Waals surface area contributed by atoms with Crippen LogP contribution in [0.15, 0.2) is 69.0 Å². The molecule has 0 spiro atoms. The zero-order valence-corrected chi connectivity index (χ0v) is 17.3. The van der Waals surface area contributed by atoms with E-state index in [1.54, 1.807) is 10.6 Å². The van der Waals surface area contributed by atoms with Crippen LogP contribution in [-0.4, -0.2) is 21.2 Å². The summed E-state index contributed by atoms with van der Waals surface area (Å²) in [5.74, 6) is 0.771. The van der Waals surface area contributed by atoms with Crippen LogP contribution in [0.4, 0.5) is 0 Å². The number of nitrogens with zero attached hydrogens (tertiary/aromatic N) is 2. The largest absolute Gasteiger partial charge is 0.459 e. The van der Waals surface area contributed by atoms with Crippen LogP contribution < -0.4 is 10.9 Å². The third kappa shape index (κ3) is 3.61. The highest BCUT2D eigenvalue weighted by molar-refractivity contribution is 7.99. The van der Waals surface area contributed by atoms with Crippen molar-refractivity contribution in [1.82, 2.24) is 14.9 Å². The van der Waals surface area contributed by atoms with Gasteiger partial charge in [0.25, 0.3) is 5.56 Å². The molecule has 1 amide bonds. The third-order valence-corrected chi connectivity index (χ3v) is 6.22. The van der Waals surface area contributed by atoms with Gasteiger partial charge in [0.1, 0.15) is 11.3 Å². The minimum Gasteiger partial charge on any atom is -0.459 e. The molecule has 0 radical (unpaired) electrons. The van der Waals surface area contributed by atoms with Gasteiger partial charge >= 0.3 is 0 Å². The number of para-hydroxylation sites is 2. The molecule has 6 nitrogen and oxygen atoms in total. The van der Waals surface area contributed by atoms with Crippen molar-refractivity contribution in [2.24, 2.45) is 0 Å². The van der Waals surface area contributed by atoms with Crippen LogP contribution in [0.1, 0.15) is 37.6 Å². The summed E-state index contributed by atoms with van der Waals surface area (Å²) >= 11 is 1.30. The molecule has 0 unspecified atom stereocenters. The van der Waals surface area contributed by atoms with E-state index in [0.717, 1.165) is 23.8 Å². The van der Waals surface area contributed by atoms with Crippen molar-refractivity contribution in [2.75, 3.05) is 5.75 Å². The highest BCUT2D eigenvalue weighted by Gasteiger charge is 2.29. The van der Waals surface area contributed by atoms with E-state index in [0.29, 0.717) is 21.8 Å². The van der Waals surface area contributed by atoms with Gasteiger partial charge in [0, 0.05) is 11.4 Å². The molecule has 30 heavy (non-hydrogen) atoms. The first-order chi connectivity index (χ1) is 14.6. The lowest BCUT2D eigenvalue weighted by atomic mass is 10.2. The highest BCUT2D eigenvalue weighted by Crippen LogP contribution is 2.36. The molecule has 2 aromatic carbocycles. The summed E-state index contributed by atoms with van der Waals surface area (Å²) in [6.07, 6.45) is 1.95. The van der Waals surface area contributed by atoms with Crippen molar-refractivity contribution in [2.45, 2.75) is 37.0 Å². The minimum absolute atomic E-state index is 0.0262. The molecule has 4 aromatic rings.